The molecule has 28 heavy (non-hydrogen) atoms. The number of amides is 1. The Morgan fingerprint density at radius 3 is 2.54 bits per heavy atom. The number of sulfone groups is 1. The van der Waals surface area contributed by atoms with Crippen LogP contribution in [0.4, 0.5) is 11.5 Å². The Bertz CT molecular complexity index is 973. The van der Waals surface area contributed by atoms with Gasteiger partial charge in [0.15, 0.2) is 9.84 Å². The summed E-state index contributed by atoms with van der Waals surface area (Å²) in [6.07, 6.45) is 8.50. The van der Waals surface area contributed by atoms with Crippen LogP contribution in [-0.2, 0) is 26.6 Å². The number of anilines is 2. The molecule has 4 rings (SSSR count). The lowest BCUT2D eigenvalue weighted by atomic mass is 9.68. The van der Waals surface area contributed by atoms with E-state index in [9.17, 15) is 13.2 Å². The zero-order valence-electron chi connectivity index (χ0n) is 16.1. The number of aryl methyl sites for hydroxylation is 1. The highest BCUT2D eigenvalue weighted by Crippen LogP contribution is 2.41. The average molecular weight is 403 g/mol. The molecule has 1 aromatic carbocycles. The number of fused-ring (bicyclic) bond motifs is 1. The largest absolute Gasteiger partial charge is 0.368 e. The van der Waals surface area contributed by atoms with Crippen molar-refractivity contribution in [1.82, 2.24) is 9.78 Å². The number of aromatic nitrogens is 2. The van der Waals surface area contributed by atoms with Crippen molar-refractivity contribution in [3.63, 3.8) is 0 Å². The van der Waals surface area contributed by atoms with Gasteiger partial charge >= 0.3 is 0 Å². The summed E-state index contributed by atoms with van der Waals surface area (Å²) in [6.45, 7) is 1.71. The molecule has 1 fully saturated rings. The van der Waals surface area contributed by atoms with Crippen LogP contribution in [-0.4, -0.2) is 36.9 Å². The lowest BCUT2D eigenvalue weighted by Crippen LogP contribution is -2.42. The summed E-state index contributed by atoms with van der Waals surface area (Å²) in [5.41, 5.74) is 0.950. The lowest BCUT2D eigenvalue weighted by molar-refractivity contribution is -0.122. The third-order valence-corrected chi connectivity index (χ3v) is 7.03. The highest BCUT2D eigenvalue weighted by Gasteiger charge is 2.41. The molecule has 7 nitrogen and oxygen atoms in total. The van der Waals surface area contributed by atoms with Crippen LogP contribution in [0.15, 0.2) is 35.4 Å². The predicted octanol–water partition coefficient (Wildman–Crippen LogP) is 2.94. The minimum Gasteiger partial charge on any atom is -0.368 e. The quantitative estimate of drug-likeness (QED) is 0.820. The molecular formula is C20H26N4O3S. The first-order valence-corrected chi connectivity index (χ1v) is 11.7. The molecule has 0 bridgehead atoms. The van der Waals surface area contributed by atoms with Gasteiger partial charge in [-0.25, -0.2) is 13.1 Å². The van der Waals surface area contributed by atoms with Crippen molar-refractivity contribution in [2.45, 2.75) is 55.4 Å². The fourth-order valence-electron chi connectivity index (χ4n) is 4.33. The van der Waals surface area contributed by atoms with E-state index in [0.717, 1.165) is 63.0 Å². The second kappa shape index (κ2) is 7.24. The van der Waals surface area contributed by atoms with Gasteiger partial charge in [0.25, 0.3) is 0 Å². The summed E-state index contributed by atoms with van der Waals surface area (Å²) >= 11 is 0. The standard InChI is InChI=1S/C20H26N4O3S/c1-28(26,27)16-8-6-15(7-9-16)20(10-3-2-4-11-20)19(25)23-17-14-22-24-13-5-12-21-18(17)24/h6-9,14,21H,2-5,10-13H2,1H3,(H,23,25). The summed E-state index contributed by atoms with van der Waals surface area (Å²) < 4.78 is 25.5. The second-order valence-corrected chi connectivity index (χ2v) is 9.82. The Balaban J connectivity index is 1.65. The van der Waals surface area contributed by atoms with E-state index in [1.807, 2.05) is 4.68 Å². The molecular weight excluding hydrogens is 376 g/mol. The minimum atomic E-state index is -3.26. The zero-order valence-corrected chi connectivity index (χ0v) is 16.9. The second-order valence-electron chi connectivity index (χ2n) is 7.80. The van der Waals surface area contributed by atoms with Gasteiger partial charge in [0, 0.05) is 19.3 Å². The molecule has 2 aromatic rings. The predicted molar refractivity (Wildman–Crippen MR) is 108 cm³/mol. The van der Waals surface area contributed by atoms with Crippen LogP contribution in [0.3, 0.4) is 0 Å². The molecule has 0 radical (unpaired) electrons. The topological polar surface area (TPSA) is 93.1 Å². The van der Waals surface area contributed by atoms with Crippen molar-refractivity contribution in [3.05, 3.63) is 36.0 Å². The van der Waals surface area contributed by atoms with E-state index in [-0.39, 0.29) is 10.8 Å². The van der Waals surface area contributed by atoms with Gasteiger partial charge in [-0.15, -0.1) is 0 Å². The number of benzene rings is 1. The first kappa shape index (κ1) is 19.0. The number of nitrogens with zero attached hydrogens (tertiary/aromatic N) is 2. The number of nitrogens with one attached hydrogen (secondary N) is 2. The number of hydrogen-bond acceptors (Lipinski definition) is 5. The van der Waals surface area contributed by atoms with Crippen LogP contribution in [0.2, 0.25) is 0 Å². The van der Waals surface area contributed by atoms with Gasteiger partial charge in [0.2, 0.25) is 5.91 Å². The molecule has 1 saturated carbocycles. The van der Waals surface area contributed by atoms with E-state index in [2.05, 4.69) is 15.7 Å². The molecule has 1 aliphatic carbocycles. The van der Waals surface area contributed by atoms with Gasteiger partial charge in [-0.1, -0.05) is 31.4 Å². The first-order valence-electron chi connectivity index (χ1n) is 9.82. The molecule has 0 atom stereocenters. The highest BCUT2D eigenvalue weighted by atomic mass is 32.2. The molecule has 0 spiro atoms. The van der Waals surface area contributed by atoms with Crippen LogP contribution >= 0.6 is 0 Å². The fourth-order valence-corrected chi connectivity index (χ4v) is 4.96. The molecule has 0 unspecified atom stereocenters. The monoisotopic (exact) mass is 402 g/mol. The molecule has 150 valence electrons. The van der Waals surface area contributed by atoms with E-state index in [1.54, 1.807) is 30.5 Å². The van der Waals surface area contributed by atoms with Crippen molar-refractivity contribution in [2.24, 2.45) is 0 Å². The normalized spacial score (nSPS) is 18.8. The van der Waals surface area contributed by atoms with E-state index in [4.69, 9.17) is 0 Å². The minimum absolute atomic E-state index is 0.0394. The third-order valence-electron chi connectivity index (χ3n) is 5.90. The van der Waals surface area contributed by atoms with Crippen molar-refractivity contribution >= 4 is 27.2 Å². The average Bonchev–Trinajstić information content (AvgIpc) is 3.11. The lowest BCUT2D eigenvalue weighted by Gasteiger charge is -2.36. The molecule has 2 aliphatic rings. The van der Waals surface area contributed by atoms with Crippen LogP contribution in [0, 0.1) is 0 Å². The Morgan fingerprint density at radius 2 is 1.86 bits per heavy atom. The summed E-state index contributed by atoms with van der Waals surface area (Å²) in [5, 5.41) is 10.8. The number of rotatable bonds is 4. The van der Waals surface area contributed by atoms with Gasteiger partial charge in [0.05, 0.1) is 16.5 Å². The van der Waals surface area contributed by atoms with Crippen molar-refractivity contribution in [2.75, 3.05) is 23.4 Å². The third kappa shape index (κ3) is 3.41. The van der Waals surface area contributed by atoms with Crippen LogP contribution in [0.5, 0.6) is 0 Å². The number of carbonyl (C=O) groups is 1. The summed E-state index contributed by atoms with van der Waals surface area (Å²) in [5.74, 6) is 0.820. The van der Waals surface area contributed by atoms with Gasteiger partial charge < -0.3 is 10.6 Å². The smallest absolute Gasteiger partial charge is 0.235 e. The van der Waals surface area contributed by atoms with E-state index >= 15 is 0 Å². The van der Waals surface area contributed by atoms with Crippen molar-refractivity contribution < 1.29 is 13.2 Å². The fraction of sp³-hybridized carbons (Fsp3) is 0.500. The number of hydrogen-bond donors (Lipinski definition) is 2. The van der Waals surface area contributed by atoms with E-state index in [1.165, 1.54) is 6.26 Å². The maximum Gasteiger partial charge on any atom is 0.235 e. The van der Waals surface area contributed by atoms with Crippen molar-refractivity contribution in [1.29, 1.82) is 0 Å². The molecule has 0 saturated heterocycles. The van der Waals surface area contributed by atoms with Gasteiger partial charge in [0.1, 0.15) is 11.5 Å². The summed E-state index contributed by atoms with van der Waals surface area (Å²) in [6, 6.07) is 6.81. The first-order chi connectivity index (χ1) is 13.4. The molecule has 2 N–H and O–H groups in total. The SMILES string of the molecule is CS(=O)(=O)c1ccc(C2(C(=O)Nc3cnn4c3NCCC4)CCCCC2)cc1. The molecule has 8 heteroatoms. The van der Waals surface area contributed by atoms with Gasteiger partial charge in [-0.3, -0.25) is 4.79 Å². The van der Waals surface area contributed by atoms with Crippen LogP contribution in [0.25, 0.3) is 0 Å². The van der Waals surface area contributed by atoms with Crippen LogP contribution < -0.4 is 10.6 Å². The maximum absolute atomic E-state index is 13.5. The van der Waals surface area contributed by atoms with Gasteiger partial charge in [-0.2, -0.15) is 5.10 Å². The van der Waals surface area contributed by atoms with E-state index in [0.29, 0.717) is 5.69 Å². The van der Waals surface area contributed by atoms with Crippen LogP contribution in [0.1, 0.15) is 44.1 Å². The van der Waals surface area contributed by atoms with E-state index < -0.39 is 15.3 Å². The Hall–Kier alpha value is -2.35. The Labute approximate surface area is 165 Å². The van der Waals surface area contributed by atoms with Gasteiger partial charge in [-0.05, 0) is 37.0 Å². The molecule has 1 aromatic heterocycles. The zero-order chi connectivity index (χ0) is 19.8. The Morgan fingerprint density at radius 1 is 1.14 bits per heavy atom. The van der Waals surface area contributed by atoms with Crippen molar-refractivity contribution in [3.8, 4) is 0 Å². The maximum atomic E-state index is 13.5. The molecule has 2 heterocycles. The molecule has 1 amide bonds. The Kier molecular flexibility index (Phi) is 4.91. The number of carbonyl (C=O) groups excluding carboxylic acids is 1. The summed E-state index contributed by atoms with van der Waals surface area (Å²) in [4.78, 5) is 13.7. The molecule has 1 aliphatic heterocycles. The summed E-state index contributed by atoms with van der Waals surface area (Å²) in [7, 11) is -3.26. The highest BCUT2D eigenvalue weighted by molar-refractivity contribution is 7.90.